The van der Waals surface area contributed by atoms with E-state index in [1.165, 1.54) is 12.8 Å². The summed E-state index contributed by atoms with van der Waals surface area (Å²) in [6.45, 7) is 10.3. The second-order valence-corrected chi connectivity index (χ2v) is 9.65. The van der Waals surface area contributed by atoms with E-state index in [2.05, 4.69) is 29.7 Å². The molecule has 2 aliphatic carbocycles. The molecule has 2 saturated heterocycles. The van der Waals surface area contributed by atoms with Gasteiger partial charge in [0.1, 0.15) is 0 Å². The van der Waals surface area contributed by atoms with Crippen LogP contribution in [0.5, 0.6) is 0 Å². The van der Waals surface area contributed by atoms with Gasteiger partial charge >= 0.3 is 5.97 Å². The molecule has 1 N–H and O–H groups in total. The van der Waals surface area contributed by atoms with Gasteiger partial charge in [-0.3, -0.25) is 0 Å². The Kier molecular flexibility index (Phi) is 5.90. The lowest BCUT2D eigenvalue weighted by atomic mass is 10.2. The van der Waals surface area contributed by atoms with Gasteiger partial charge in [-0.2, -0.15) is 0 Å². The van der Waals surface area contributed by atoms with Crippen molar-refractivity contribution >= 4 is 17.9 Å². The molecular weight excluding hydrogens is 420 g/mol. The van der Waals surface area contributed by atoms with Gasteiger partial charge in [-0.1, -0.05) is 0 Å². The topological polar surface area (TPSA) is 105 Å². The number of aryl methyl sites for hydroxylation is 2. The third kappa shape index (κ3) is 4.64. The van der Waals surface area contributed by atoms with Crippen LogP contribution in [0.15, 0.2) is 12.4 Å². The Morgan fingerprint density at radius 3 is 1.91 bits per heavy atom. The second-order valence-electron chi connectivity index (χ2n) is 9.65. The number of carbonyl (C=O) groups is 1. The zero-order chi connectivity index (χ0) is 23.1. The van der Waals surface area contributed by atoms with Crippen molar-refractivity contribution in [3.8, 4) is 0 Å². The maximum atomic E-state index is 11.6. The van der Waals surface area contributed by atoms with Crippen molar-refractivity contribution in [1.29, 1.82) is 0 Å². The Hall–Kier alpha value is -2.81. The van der Waals surface area contributed by atoms with Gasteiger partial charge in [-0.15, -0.1) is 0 Å². The van der Waals surface area contributed by atoms with Crippen LogP contribution in [0.25, 0.3) is 0 Å². The fourth-order valence-electron chi connectivity index (χ4n) is 4.93. The number of hydrogen-bond acceptors (Lipinski definition) is 9. The molecular formula is C24H32N6O3. The standard InChI is InChI=1S/C13H17N3O2.C11H15N3O/c1-3-18-12(17)11-5-14-13(15-8(11)2)16-6-9-4-10(9)7-16;1-7-10(6-15)3-12-11(13-7)14-4-8-2-9(8)5-14/h5,9-10H,3-4,6-7H2,1-2H3;3,8-9,15H,2,4-6H2,1H3. The Balaban J connectivity index is 0.000000140. The highest BCUT2D eigenvalue weighted by Crippen LogP contribution is 2.46. The molecule has 2 aromatic rings. The molecule has 0 amide bonds. The van der Waals surface area contributed by atoms with Gasteiger partial charge in [0.15, 0.2) is 0 Å². The molecule has 9 heteroatoms. The molecule has 4 aliphatic rings. The zero-order valence-electron chi connectivity index (χ0n) is 19.6. The zero-order valence-corrected chi connectivity index (χ0v) is 19.6. The molecule has 4 atom stereocenters. The first-order valence-corrected chi connectivity index (χ1v) is 11.9. The van der Waals surface area contributed by atoms with E-state index in [9.17, 15) is 4.79 Å². The minimum atomic E-state index is -0.342. The molecule has 9 nitrogen and oxygen atoms in total. The van der Waals surface area contributed by atoms with Crippen LogP contribution >= 0.6 is 0 Å². The first kappa shape index (κ1) is 22.0. The van der Waals surface area contributed by atoms with Crippen LogP contribution in [-0.2, 0) is 11.3 Å². The monoisotopic (exact) mass is 452 g/mol. The van der Waals surface area contributed by atoms with E-state index >= 15 is 0 Å². The second kappa shape index (κ2) is 8.85. The lowest BCUT2D eigenvalue weighted by molar-refractivity contribution is 0.0524. The van der Waals surface area contributed by atoms with Crippen LogP contribution in [0.2, 0.25) is 0 Å². The number of fused-ring (bicyclic) bond motifs is 2. The predicted octanol–water partition coefficient (Wildman–Crippen LogP) is 2.15. The van der Waals surface area contributed by atoms with Crippen molar-refractivity contribution in [2.24, 2.45) is 23.7 Å². The van der Waals surface area contributed by atoms with Gasteiger partial charge in [0.05, 0.1) is 24.5 Å². The molecule has 176 valence electrons. The van der Waals surface area contributed by atoms with Crippen molar-refractivity contribution < 1.29 is 14.6 Å². The Bertz CT molecular complexity index is 1030. The first-order chi connectivity index (χ1) is 16.0. The van der Waals surface area contributed by atoms with Crippen LogP contribution in [0, 0.1) is 37.5 Å². The molecule has 2 aliphatic heterocycles. The number of aliphatic hydroxyl groups is 1. The molecule has 6 rings (SSSR count). The summed E-state index contributed by atoms with van der Waals surface area (Å²) in [7, 11) is 0. The van der Waals surface area contributed by atoms with E-state index in [1.54, 1.807) is 19.3 Å². The van der Waals surface area contributed by atoms with E-state index in [4.69, 9.17) is 9.84 Å². The lowest BCUT2D eigenvalue weighted by Crippen LogP contribution is -2.25. The third-order valence-electron chi connectivity index (χ3n) is 7.22. The predicted molar refractivity (Wildman–Crippen MR) is 123 cm³/mol. The van der Waals surface area contributed by atoms with Crippen molar-refractivity contribution in [2.45, 2.75) is 40.2 Å². The summed E-state index contributed by atoms with van der Waals surface area (Å²) >= 11 is 0. The van der Waals surface area contributed by atoms with Gasteiger partial charge in [-0.05, 0) is 57.3 Å². The van der Waals surface area contributed by atoms with Gasteiger partial charge in [-0.25, -0.2) is 24.7 Å². The number of rotatable bonds is 5. The molecule has 4 unspecified atom stereocenters. The SMILES string of the molecule is CCOC(=O)c1cnc(N2CC3CC3C2)nc1C.Cc1nc(N2CC3CC3C2)ncc1CO. The summed E-state index contributed by atoms with van der Waals surface area (Å²) in [5, 5.41) is 9.03. The number of carbonyl (C=O) groups excluding carboxylic acids is 1. The molecule has 2 aromatic heterocycles. The van der Waals surface area contributed by atoms with E-state index in [-0.39, 0.29) is 12.6 Å². The number of nitrogens with zero attached hydrogens (tertiary/aromatic N) is 6. The summed E-state index contributed by atoms with van der Waals surface area (Å²) in [5.41, 5.74) is 2.87. The first-order valence-electron chi connectivity index (χ1n) is 11.9. The van der Waals surface area contributed by atoms with Gasteiger partial charge in [0, 0.05) is 49.8 Å². The third-order valence-corrected chi connectivity index (χ3v) is 7.22. The molecule has 0 bridgehead atoms. The summed E-state index contributed by atoms with van der Waals surface area (Å²) in [6.07, 6.45) is 6.07. The minimum absolute atomic E-state index is 0.0252. The number of piperidine rings is 2. The van der Waals surface area contributed by atoms with Crippen LogP contribution in [0.3, 0.4) is 0 Å². The quantitative estimate of drug-likeness (QED) is 0.683. The lowest BCUT2D eigenvalue weighted by Gasteiger charge is -2.18. The van der Waals surface area contributed by atoms with Gasteiger partial charge in [0.2, 0.25) is 11.9 Å². The Labute approximate surface area is 194 Å². The fraction of sp³-hybridized carbons (Fsp3) is 0.625. The minimum Gasteiger partial charge on any atom is -0.462 e. The van der Waals surface area contributed by atoms with E-state index in [1.807, 2.05) is 13.8 Å². The van der Waals surface area contributed by atoms with Crippen molar-refractivity contribution in [1.82, 2.24) is 19.9 Å². The number of ether oxygens (including phenoxy) is 1. The smallest absolute Gasteiger partial charge is 0.341 e. The van der Waals surface area contributed by atoms with E-state index in [0.29, 0.717) is 17.9 Å². The maximum absolute atomic E-state index is 11.6. The highest BCUT2D eigenvalue weighted by Gasteiger charge is 2.46. The molecule has 0 aromatic carbocycles. The van der Waals surface area contributed by atoms with E-state index < -0.39 is 0 Å². The summed E-state index contributed by atoms with van der Waals surface area (Å²) in [6, 6.07) is 0. The number of esters is 1. The number of aliphatic hydroxyl groups excluding tert-OH is 1. The molecule has 4 heterocycles. The highest BCUT2D eigenvalue weighted by molar-refractivity contribution is 5.90. The Morgan fingerprint density at radius 1 is 0.939 bits per heavy atom. The van der Waals surface area contributed by atoms with Crippen LogP contribution in [0.1, 0.15) is 47.1 Å². The maximum Gasteiger partial charge on any atom is 0.341 e. The van der Waals surface area contributed by atoms with Crippen LogP contribution in [0.4, 0.5) is 11.9 Å². The number of hydrogen-bond donors (Lipinski definition) is 1. The van der Waals surface area contributed by atoms with Crippen LogP contribution < -0.4 is 9.80 Å². The molecule has 0 spiro atoms. The van der Waals surface area contributed by atoms with Gasteiger partial charge < -0.3 is 19.6 Å². The Morgan fingerprint density at radius 2 is 1.45 bits per heavy atom. The van der Waals surface area contributed by atoms with Crippen molar-refractivity contribution in [3.63, 3.8) is 0 Å². The average Bonchev–Trinajstić information content (AvgIpc) is 3.65. The average molecular weight is 453 g/mol. The molecule has 0 radical (unpaired) electrons. The fourth-order valence-corrected chi connectivity index (χ4v) is 4.93. The molecule has 2 saturated carbocycles. The largest absolute Gasteiger partial charge is 0.462 e. The van der Waals surface area contributed by atoms with Crippen molar-refractivity contribution in [2.75, 3.05) is 42.6 Å². The normalized spacial score (nSPS) is 26.3. The summed E-state index contributed by atoms with van der Waals surface area (Å²) in [4.78, 5) is 33.6. The van der Waals surface area contributed by atoms with Gasteiger partial charge in [0.25, 0.3) is 0 Å². The summed E-state index contributed by atoms with van der Waals surface area (Å²) in [5.74, 6) is 4.71. The summed E-state index contributed by atoms with van der Waals surface area (Å²) < 4.78 is 4.97. The molecule has 4 fully saturated rings. The van der Waals surface area contributed by atoms with Crippen molar-refractivity contribution in [3.05, 3.63) is 34.9 Å². The number of anilines is 2. The molecule has 33 heavy (non-hydrogen) atoms. The van der Waals surface area contributed by atoms with E-state index in [0.717, 1.165) is 73.0 Å². The number of aromatic nitrogens is 4. The highest BCUT2D eigenvalue weighted by atomic mass is 16.5. The van der Waals surface area contributed by atoms with Crippen LogP contribution in [-0.4, -0.2) is 63.8 Å².